The molecule has 0 atom stereocenters. The molecular weight excluding hydrogens is 260 g/mol. The summed E-state index contributed by atoms with van der Waals surface area (Å²) in [4.78, 5) is 4.34. The summed E-state index contributed by atoms with van der Waals surface area (Å²) >= 11 is 0. The van der Waals surface area contributed by atoms with Crippen molar-refractivity contribution in [3.8, 4) is 11.5 Å². The van der Waals surface area contributed by atoms with Gasteiger partial charge in [-0.2, -0.15) is 0 Å². The van der Waals surface area contributed by atoms with Crippen molar-refractivity contribution < 1.29 is 4.74 Å². The minimum Gasteiger partial charge on any atom is -0.456 e. The number of ether oxygens (including phenoxy) is 1. The van der Waals surface area contributed by atoms with Crippen LogP contribution in [0.25, 0.3) is 10.9 Å². The molecule has 0 saturated carbocycles. The summed E-state index contributed by atoms with van der Waals surface area (Å²) in [7, 11) is 0. The first-order chi connectivity index (χ1) is 10.0. The van der Waals surface area contributed by atoms with Gasteiger partial charge in [0.2, 0.25) is 0 Å². The molecule has 3 aromatic rings. The van der Waals surface area contributed by atoms with Crippen molar-refractivity contribution in [3.63, 3.8) is 0 Å². The van der Waals surface area contributed by atoms with Gasteiger partial charge >= 0.3 is 0 Å². The van der Waals surface area contributed by atoms with Crippen LogP contribution in [0.3, 0.4) is 0 Å². The maximum absolute atomic E-state index is 6.14. The Morgan fingerprint density at radius 2 is 1.76 bits per heavy atom. The lowest BCUT2D eigenvalue weighted by atomic mass is 10.1. The van der Waals surface area contributed by atoms with Crippen molar-refractivity contribution in [2.45, 2.75) is 20.8 Å². The Hall–Kier alpha value is -2.55. The van der Waals surface area contributed by atoms with Gasteiger partial charge in [-0.05, 0) is 67.8 Å². The highest BCUT2D eigenvalue weighted by molar-refractivity contribution is 5.87. The largest absolute Gasteiger partial charge is 0.456 e. The second-order valence-corrected chi connectivity index (χ2v) is 5.39. The van der Waals surface area contributed by atoms with Gasteiger partial charge in [-0.15, -0.1) is 0 Å². The molecule has 0 saturated heterocycles. The molecule has 1 heterocycles. The van der Waals surface area contributed by atoms with Crippen molar-refractivity contribution >= 4 is 16.6 Å². The fourth-order valence-corrected chi connectivity index (χ4v) is 2.45. The number of nitrogen functional groups attached to an aromatic ring is 1. The Kier molecular flexibility index (Phi) is 3.26. The molecule has 3 heteroatoms. The molecule has 0 spiro atoms. The average Bonchev–Trinajstić information content (AvgIpc) is 2.44. The number of anilines is 1. The Morgan fingerprint density at radius 3 is 2.57 bits per heavy atom. The van der Waals surface area contributed by atoms with Gasteiger partial charge in [0.15, 0.2) is 0 Å². The zero-order chi connectivity index (χ0) is 15.0. The highest BCUT2D eigenvalue weighted by Crippen LogP contribution is 2.32. The summed E-state index contributed by atoms with van der Waals surface area (Å²) < 4.78 is 6.14. The van der Waals surface area contributed by atoms with E-state index in [0.717, 1.165) is 28.0 Å². The van der Waals surface area contributed by atoms with Gasteiger partial charge in [0.05, 0.1) is 5.52 Å². The Morgan fingerprint density at radius 1 is 0.952 bits per heavy atom. The zero-order valence-corrected chi connectivity index (χ0v) is 12.5. The van der Waals surface area contributed by atoms with Crippen LogP contribution in [0.2, 0.25) is 0 Å². The van der Waals surface area contributed by atoms with Crippen LogP contribution in [-0.2, 0) is 0 Å². The fraction of sp³-hybridized carbons (Fsp3) is 0.167. The van der Waals surface area contributed by atoms with Gasteiger partial charge in [0.25, 0.3) is 0 Å². The van der Waals surface area contributed by atoms with Crippen LogP contribution in [0, 0.1) is 20.8 Å². The van der Waals surface area contributed by atoms with E-state index in [9.17, 15) is 0 Å². The van der Waals surface area contributed by atoms with E-state index in [4.69, 9.17) is 10.5 Å². The van der Waals surface area contributed by atoms with Crippen molar-refractivity contribution in [3.05, 3.63) is 59.3 Å². The van der Waals surface area contributed by atoms with Gasteiger partial charge in [-0.1, -0.05) is 6.07 Å². The van der Waals surface area contributed by atoms with E-state index in [2.05, 4.69) is 37.9 Å². The zero-order valence-electron chi connectivity index (χ0n) is 12.5. The van der Waals surface area contributed by atoms with E-state index < -0.39 is 0 Å². The molecule has 3 rings (SSSR count). The number of rotatable bonds is 2. The van der Waals surface area contributed by atoms with E-state index in [-0.39, 0.29) is 0 Å². The maximum atomic E-state index is 6.14. The molecule has 0 unspecified atom stereocenters. The van der Waals surface area contributed by atoms with Gasteiger partial charge in [-0.25, -0.2) is 0 Å². The third kappa shape index (κ3) is 2.55. The topological polar surface area (TPSA) is 48.1 Å². The van der Waals surface area contributed by atoms with Crippen LogP contribution in [0.1, 0.15) is 16.7 Å². The Balaban J connectivity index is 2.10. The molecule has 0 aliphatic heterocycles. The van der Waals surface area contributed by atoms with Crippen molar-refractivity contribution in [2.75, 3.05) is 5.73 Å². The highest BCUT2D eigenvalue weighted by atomic mass is 16.5. The van der Waals surface area contributed by atoms with E-state index in [1.54, 1.807) is 6.20 Å². The molecule has 0 amide bonds. The second kappa shape index (κ2) is 5.09. The van der Waals surface area contributed by atoms with Crippen molar-refractivity contribution in [1.82, 2.24) is 4.98 Å². The molecule has 3 nitrogen and oxygen atoms in total. The van der Waals surface area contributed by atoms with Crippen LogP contribution in [-0.4, -0.2) is 4.98 Å². The maximum Gasteiger partial charge on any atom is 0.138 e. The molecule has 1 aromatic heterocycles. The average molecular weight is 278 g/mol. The lowest BCUT2D eigenvalue weighted by molar-refractivity contribution is 0.483. The first-order valence-corrected chi connectivity index (χ1v) is 6.94. The molecule has 0 aliphatic rings. The minimum absolute atomic E-state index is 0.703. The van der Waals surface area contributed by atoms with E-state index >= 15 is 0 Å². The fourth-order valence-electron chi connectivity index (χ4n) is 2.45. The summed E-state index contributed by atoms with van der Waals surface area (Å²) in [5.74, 6) is 1.69. The first-order valence-electron chi connectivity index (χ1n) is 6.94. The number of aromatic nitrogens is 1. The molecule has 2 N–H and O–H groups in total. The van der Waals surface area contributed by atoms with E-state index in [1.807, 2.05) is 24.3 Å². The number of nitrogens with two attached hydrogens (primary N) is 1. The number of fused-ring (bicyclic) bond motifs is 1. The second-order valence-electron chi connectivity index (χ2n) is 5.39. The van der Waals surface area contributed by atoms with Crippen LogP contribution in [0.4, 0.5) is 5.69 Å². The molecule has 2 aromatic carbocycles. The lowest BCUT2D eigenvalue weighted by Gasteiger charge is -2.13. The highest BCUT2D eigenvalue weighted by Gasteiger charge is 2.08. The SMILES string of the molecule is Cc1cc(C)c(C)c(Oc2ccnc3cc(N)ccc23)c1. The molecule has 21 heavy (non-hydrogen) atoms. The number of hydrogen-bond donors (Lipinski definition) is 1. The third-order valence-electron chi connectivity index (χ3n) is 3.71. The minimum atomic E-state index is 0.703. The summed E-state index contributed by atoms with van der Waals surface area (Å²) in [5.41, 5.74) is 10.9. The predicted molar refractivity (Wildman–Crippen MR) is 86.9 cm³/mol. The van der Waals surface area contributed by atoms with Crippen LogP contribution < -0.4 is 10.5 Å². The standard InChI is InChI=1S/C18H18N2O/c1-11-8-12(2)13(3)18(9-11)21-17-6-7-20-16-10-14(19)4-5-15(16)17/h4-10H,19H2,1-3H3. The van der Waals surface area contributed by atoms with Gasteiger partial charge in [0, 0.05) is 17.3 Å². The van der Waals surface area contributed by atoms with Crippen molar-refractivity contribution in [2.24, 2.45) is 0 Å². The van der Waals surface area contributed by atoms with Crippen LogP contribution in [0.5, 0.6) is 11.5 Å². The number of benzene rings is 2. The number of pyridine rings is 1. The molecule has 0 fully saturated rings. The van der Waals surface area contributed by atoms with Gasteiger partial charge in [-0.3, -0.25) is 4.98 Å². The molecule has 106 valence electrons. The number of hydrogen-bond acceptors (Lipinski definition) is 3. The summed E-state index contributed by atoms with van der Waals surface area (Å²) in [6, 6.07) is 11.8. The molecule has 0 aliphatic carbocycles. The van der Waals surface area contributed by atoms with E-state index in [1.165, 1.54) is 11.1 Å². The number of nitrogens with zero attached hydrogens (tertiary/aromatic N) is 1. The summed E-state index contributed by atoms with van der Waals surface area (Å²) in [6.45, 7) is 6.25. The first kappa shape index (κ1) is 13.4. The summed E-state index contributed by atoms with van der Waals surface area (Å²) in [6.07, 6.45) is 1.75. The van der Waals surface area contributed by atoms with Crippen molar-refractivity contribution in [1.29, 1.82) is 0 Å². The van der Waals surface area contributed by atoms with Crippen LogP contribution >= 0.6 is 0 Å². The predicted octanol–water partition coefficient (Wildman–Crippen LogP) is 4.53. The van der Waals surface area contributed by atoms with Gasteiger partial charge in [0.1, 0.15) is 11.5 Å². The quantitative estimate of drug-likeness (QED) is 0.700. The molecule has 0 bridgehead atoms. The Bertz CT molecular complexity index is 825. The third-order valence-corrected chi connectivity index (χ3v) is 3.71. The lowest BCUT2D eigenvalue weighted by Crippen LogP contribution is -1.93. The molecule has 0 radical (unpaired) electrons. The monoisotopic (exact) mass is 278 g/mol. The van der Waals surface area contributed by atoms with Crippen LogP contribution in [0.15, 0.2) is 42.6 Å². The van der Waals surface area contributed by atoms with E-state index in [0.29, 0.717) is 5.69 Å². The number of aryl methyl sites for hydroxylation is 2. The molecular formula is C18H18N2O. The summed E-state index contributed by atoms with van der Waals surface area (Å²) in [5, 5.41) is 0.963. The Labute approximate surface area is 124 Å². The smallest absolute Gasteiger partial charge is 0.138 e. The van der Waals surface area contributed by atoms with Gasteiger partial charge < -0.3 is 10.5 Å². The normalized spacial score (nSPS) is 10.8.